The molecule has 0 saturated carbocycles. The van der Waals surface area contributed by atoms with Crippen molar-refractivity contribution in [1.29, 1.82) is 0 Å². The summed E-state index contributed by atoms with van der Waals surface area (Å²) in [5.74, 6) is 0. The first-order valence-corrected chi connectivity index (χ1v) is 7.89. The molecule has 1 aliphatic rings. The van der Waals surface area contributed by atoms with Crippen LogP contribution in [0.2, 0.25) is 0 Å². The normalized spacial score (nSPS) is 16.2. The van der Waals surface area contributed by atoms with E-state index in [1.54, 1.807) is 0 Å². The highest BCUT2D eigenvalue weighted by molar-refractivity contribution is 5.85. The third kappa shape index (κ3) is 4.33. The first-order valence-electron chi connectivity index (χ1n) is 7.89. The minimum absolute atomic E-state index is 0. The number of hydrogen-bond donors (Lipinski definition) is 1. The van der Waals surface area contributed by atoms with E-state index < -0.39 is 0 Å². The molecule has 1 saturated heterocycles. The lowest BCUT2D eigenvalue weighted by molar-refractivity contribution is 0.194. The first-order chi connectivity index (χ1) is 10.3. The standard InChI is InChI=1S/C19H24N2.ClH/c1-20-19-11-13-21(14-12-19)15-16-7-9-18(10-8-16)17-5-3-2-4-6-17;/h2-10,19-20H,11-15H2,1H3;1H. The summed E-state index contributed by atoms with van der Waals surface area (Å²) in [5, 5.41) is 3.39. The maximum atomic E-state index is 3.39. The lowest BCUT2D eigenvalue weighted by Gasteiger charge is -2.31. The average Bonchev–Trinajstić information content (AvgIpc) is 2.57. The molecule has 22 heavy (non-hydrogen) atoms. The van der Waals surface area contributed by atoms with Gasteiger partial charge in [0.1, 0.15) is 0 Å². The van der Waals surface area contributed by atoms with Crippen molar-refractivity contribution >= 4 is 12.4 Å². The van der Waals surface area contributed by atoms with E-state index in [0.717, 1.165) is 6.54 Å². The fraction of sp³-hybridized carbons (Fsp3) is 0.368. The van der Waals surface area contributed by atoms with Gasteiger partial charge in [0.25, 0.3) is 0 Å². The van der Waals surface area contributed by atoms with Gasteiger partial charge < -0.3 is 5.32 Å². The van der Waals surface area contributed by atoms with Gasteiger partial charge in [0, 0.05) is 12.6 Å². The van der Waals surface area contributed by atoms with Gasteiger partial charge in [-0.15, -0.1) is 12.4 Å². The fourth-order valence-electron chi connectivity index (χ4n) is 3.07. The zero-order valence-corrected chi connectivity index (χ0v) is 14.0. The second kappa shape index (κ2) is 8.33. The van der Waals surface area contributed by atoms with Gasteiger partial charge in [0.15, 0.2) is 0 Å². The summed E-state index contributed by atoms with van der Waals surface area (Å²) >= 11 is 0. The molecular weight excluding hydrogens is 292 g/mol. The molecule has 118 valence electrons. The summed E-state index contributed by atoms with van der Waals surface area (Å²) in [4.78, 5) is 2.56. The van der Waals surface area contributed by atoms with Gasteiger partial charge >= 0.3 is 0 Å². The lowest BCUT2D eigenvalue weighted by Crippen LogP contribution is -2.40. The fourth-order valence-corrected chi connectivity index (χ4v) is 3.07. The molecule has 1 N–H and O–H groups in total. The van der Waals surface area contributed by atoms with Crippen LogP contribution in [0.25, 0.3) is 11.1 Å². The lowest BCUT2D eigenvalue weighted by atomic mass is 10.0. The Labute approximate surface area is 140 Å². The van der Waals surface area contributed by atoms with Crippen LogP contribution < -0.4 is 5.32 Å². The van der Waals surface area contributed by atoms with E-state index in [2.05, 4.69) is 71.9 Å². The summed E-state index contributed by atoms with van der Waals surface area (Å²) in [7, 11) is 2.07. The third-order valence-electron chi connectivity index (χ3n) is 4.46. The SMILES string of the molecule is CNC1CCN(Cc2ccc(-c3ccccc3)cc2)CC1.Cl. The van der Waals surface area contributed by atoms with Crippen LogP contribution in [0.5, 0.6) is 0 Å². The van der Waals surface area contributed by atoms with Crippen LogP contribution in [-0.4, -0.2) is 31.1 Å². The van der Waals surface area contributed by atoms with Crippen LogP contribution in [0.15, 0.2) is 54.6 Å². The molecule has 2 aromatic rings. The monoisotopic (exact) mass is 316 g/mol. The van der Waals surface area contributed by atoms with Crippen molar-refractivity contribution < 1.29 is 0 Å². The first kappa shape index (κ1) is 17.0. The molecule has 0 unspecified atom stereocenters. The van der Waals surface area contributed by atoms with Crippen molar-refractivity contribution in [3.8, 4) is 11.1 Å². The van der Waals surface area contributed by atoms with E-state index in [9.17, 15) is 0 Å². The maximum absolute atomic E-state index is 3.39. The maximum Gasteiger partial charge on any atom is 0.0233 e. The van der Waals surface area contributed by atoms with E-state index in [0.29, 0.717) is 6.04 Å². The number of likely N-dealkylation sites (tertiary alicyclic amines) is 1. The summed E-state index contributed by atoms with van der Waals surface area (Å²) in [6.45, 7) is 3.48. The second-order valence-electron chi connectivity index (χ2n) is 5.90. The molecule has 3 rings (SSSR count). The molecule has 1 heterocycles. The van der Waals surface area contributed by atoms with E-state index >= 15 is 0 Å². The summed E-state index contributed by atoms with van der Waals surface area (Å²) in [5.41, 5.74) is 4.00. The summed E-state index contributed by atoms with van der Waals surface area (Å²) < 4.78 is 0. The highest BCUT2D eigenvalue weighted by atomic mass is 35.5. The van der Waals surface area contributed by atoms with Gasteiger partial charge in [-0.05, 0) is 49.7 Å². The minimum Gasteiger partial charge on any atom is -0.317 e. The number of piperidine rings is 1. The average molecular weight is 317 g/mol. The Kier molecular flexibility index (Phi) is 6.44. The molecule has 1 fully saturated rings. The Balaban J connectivity index is 0.00000176. The second-order valence-corrected chi connectivity index (χ2v) is 5.90. The largest absolute Gasteiger partial charge is 0.317 e. The molecule has 0 atom stereocenters. The zero-order valence-electron chi connectivity index (χ0n) is 13.2. The Hall–Kier alpha value is -1.35. The van der Waals surface area contributed by atoms with Gasteiger partial charge in [-0.25, -0.2) is 0 Å². The predicted octanol–water partition coefficient (Wildman–Crippen LogP) is 3.96. The van der Waals surface area contributed by atoms with Crippen molar-refractivity contribution in [3.63, 3.8) is 0 Å². The van der Waals surface area contributed by atoms with Crippen molar-refractivity contribution in [2.75, 3.05) is 20.1 Å². The van der Waals surface area contributed by atoms with Crippen LogP contribution >= 0.6 is 12.4 Å². The molecular formula is C19H25ClN2. The predicted molar refractivity (Wildman–Crippen MR) is 96.5 cm³/mol. The van der Waals surface area contributed by atoms with Crippen LogP contribution in [-0.2, 0) is 6.54 Å². The number of nitrogens with zero attached hydrogens (tertiary/aromatic N) is 1. The molecule has 0 bridgehead atoms. The number of benzene rings is 2. The van der Waals surface area contributed by atoms with Crippen LogP contribution in [0, 0.1) is 0 Å². The van der Waals surface area contributed by atoms with Gasteiger partial charge in [-0.1, -0.05) is 54.6 Å². The smallest absolute Gasteiger partial charge is 0.0233 e. The van der Waals surface area contributed by atoms with Gasteiger partial charge in [0.2, 0.25) is 0 Å². The van der Waals surface area contributed by atoms with Crippen molar-refractivity contribution in [2.24, 2.45) is 0 Å². The summed E-state index contributed by atoms with van der Waals surface area (Å²) in [6, 6.07) is 20.3. The number of halogens is 1. The topological polar surface area (TPSA) is 15.3 Å². The molecule has 0 radical (unpaired) electrons. The molecule has 2 nitrogen and oxygen atoms in total. The van der Waals surface area contributed by atoms with Crippen LogP contribution in [0.4, 0.5) is 0 Å². The van der Waals surface area contributed by atoms with Crippen molar-refractivity contribution in [2.45, 2.75) is 25.4 Å². The molecule has 0 amide bonds. The van der Waals surface area contributed by atoms with Crippen molar-refractivity contribution in [3.05, 3.63) is 60.2 Å². The van der Waals surface area contributed by atoms with Crippen LogP contribution in [0.3, 0.4) is 0 Å². The van der Waals surface area contributed by atoms with E-state index in [1.165, 1.54) is 42.6 Å². The number of nitrogens with one attached hydrogen (secondary N) is 1. The van der Waals surface area contributed by atoms with Gasteiger partial charge in [-0.2, -0.15) is 0 Å². The number of hydrogen-bond acceptors (Lipinski definition) is 2. The Morgan fingerprint density at radius 1 is 0.909 bits per heavy atom. The zero-order chi connectivity index (χ0) is 14.5. The van der Waals surface area contributed by atoms with E-state index in [1.807, 2.05) is 0 Å². The third-order valence-corrected chi connectivity index (χ3v) is 4.46. The Bertz CT molecular complexity index is 545. The van der Waals surface area contributed by atoms with Crippen molar-refractivity contribution in [1.82, 2.24) is 10.2 Å². The number of rotatable bonds is 4. The van der Waals surface area contributed by atoms with Gasteiger partial charge in [0.05, 0.1) is 0 Å². The molecule has 2 aromatic carbocycles. The van der Waals surface area contributed by atoms with Gasteiger partial charge in [-0.3, -0.25) is 4.90 Å². The Morgan fingerprint density at radius 3 is 2.09 bits per heavy atom. The minimum atomic E-state index is 0. The van der Waals surface area contributed by atoms with E-state index in [4.69, 9.17) is 0 Å². The molecule has 0 spiro atoms. The highest BCUT2D eigenvalue weighted by Crippen LogP contribution is 2.20. The molecule has 3 heteroatoms. The molecule has 0 aliphatic carbocycles. The Morgan fingerprint density at radius 2 is 1.50 bits per heavy atom. The highest BCUT2D eigenvalue weighted by Gasteiger charge is 2.17. The summed E-state index contributed by atoms with van der Waals surface area (Å²) in [6.07, 6.45) is 2.52. The molecule has 1 aliphatic heterocycles. The quantitative estimate of drug-likeness (QED) is 0.918. The molecule has 0 aromatic heterocycles. The van der Waals surface area contributed by atoms with Crippen LogP contribution in [0.1, 0.15) is 18.4 Å². The van der Waals surface area contributed by atoms with E-state index in [-0.39, 0.29) is 12.4 Å².